The van der Waals surface area contributed by atoms with Gasteiger partial charge in [-0.25, -0.2) is 4.79 Å². The van der Waals surface area contributed by atoms with Crippen molar-refractivity contribution in [1.29, 1.82) is 0 Å². The van der Waals surface area contributed by atoms with Crippen LogP contribution in [-0.4, -0.2) is 48.4 Å². The summed E-state index contributed by atoms with van der Waals surface area (Å²) in [6, 6.07) is 16.4. The summed E-state index contributed by atoms with van der Waals surface area (Å²) < 4.78 is 0. The minimum absolute atomic E-state index is 0. The average Bonchev–Trinajstić information content (AvgIpc) is 2.69. The van der Waals surface area contributed by atoms with E-state index in [1.165, 1.54) is 11.1 Å². The zero-order chi connectivity index (χ0) is 19.1. The maximum Gasteiger partial charge on any atom is 0.332 e. The minimum atomic E-state index is -0.841. The molecule has 2 aromatic carbocycles. The van der Waals surface area contributed by atoms with E-state index in [-0.39, 0.29) is 12.4 Å². The Morgan fingerprint density at radius 1 is 1.18 bits per heavy atom. The minimum Gasteiger partial charge on any atom is -0.478 e. The Kier molecular flexibility index (Phi) is 8.23. The summed E-state index contributed by atoms with van der Waals surface area (Å²) in [5.74, 6) is -0.841. The molecule has 0 fully saturated rings. The smallest absolute Gasteiger partial charge is 0.332 e. The summed E-state index contributed by atoms with van der Waals surface area (Å²) in [4.78, 5) is 18.5. The highest BCUT2D eigenvalue weighted by Crippen LogP contribution is 2.25. The molecule has 0 aromatic heterocycles. The Hall–Kier alpha value is -2.63. The van der Waals surface area contributed by atoms with Crippen molar-refractivity contribution in [3.8, 4) is 11.1 Å². The topological polar surface area (TPSA) is 62.1 Å². The van der Waals surface area contributed by atoms with Gasteiger partial charge in [0.05, 0.1) is 6.21 Å². The SMILES string of the molecule is Cc1ccccc1-c1ccccc1C=NOCCN1CCC=C(C(=O)O)C1.Cl. The molecule has 1 aliphatic heterocycles. The van der Waals surface area contributed by atoms with Crippen molar-refractivity contribution in [1.82, 2.24) is 4.90 Å². The van der Waals surface area contributed by atoms with Crippen LogP contribution in [0, 0.1) is 6.92 Å². The van der Waals surface area contributed by atoms with Crippen molar-refractivity contribution in [3.05, 3.63) is 71.3 Å². The molecular weight excluding hydrogens is 376 g/mol. The molecule has 0 radical (unpaired) electrons. The third-order valence-electron chi connectivity index (χ3n) is 4.67. The molecule has 3 rings (SSSR count). The Morgan fingerprint density at radius 3 is 2.64 bits per heavy atom. The van der Waals surface area contributed by atoms with E-state index in [1.807, 2.05) is 30.3 Å². The van der Waals surface area contributed by atoms with Crippen LogP contribution in [0.1, 0.15) is 17.5 Å². The lowest BCUT2D eigenvalue weighted by Crippen LogP contribution is -2.34. The molecule has 28 heavy (non-hydrogen) atoms. The van der Waals surface area contributed by atoms with E-state index in [0.29, 0.717) is 25.3 Å². The van der Waals surface area contributed by atoms with E-state index >= 15 is 0 Å². The lowest BCUT2D eigenvalue weighted by atomic mass is 9.97. The third kappa shape index (κ3) is 5.68. The van der Waals surface area contributed by atoms with Crippen LogP contribution in [0.15, 0.2) is 65.3 Å². The molecule has 0 aliphatic carbocycles. The number of carbonyl (C=O) groups is 1. The largest absolute Gasteiger partial charge is 0.478 e. The molecule has 148 valence electrons. The van der Waals surface area contributed by atoms with Gasteiger partial charge in [0.15, 0.2) is 0 Å². The van der Waals surface area contributed by atoms with Gasteiger partial charge in [-0.15, -0.1) is 12.4 Å². The second-order valence-electron chi connectivity index (χ2n) is 6.57. The highest BCUT2D eigenvalue weighted by Gasteiger charge is 2.16. The van der Waals surface area contributed by atoms with Gasteiger partial charge >= 0.3 is 5.97 Å². The molecule has 1 heterocycles. The van der Waals surface area contributed by atoms with Gasteiger partial charge in [0.2, 0.25) is 0 Å². The summed E-state index contributed by atoms with van der Waals surface area (Å²) in [6.07, 6.45) is 4.29. The molecule has 0 saturated heterocycles. The van der Waals surface area contributed by atoms with E-state index in [1.54, 1.807) is 12.3 Å². The van der Waals surface area contributed by atoms with Gasteiger partial charge in [0.1, 0.15) is 6.61 Å². The molecule has 0 saturated carbocycles. The van der Waals surface area contributed by atoms with Gasteiger partial charge in [-0.1, -0.05) is 59.8 Å². The molecular formula is C22H25ClN2O3. The number of hydrogen-bond donors (Lipinski definition) is 1. The monoisotopic (exact) mass is 400 g/mol. The quantitative estimate of drug-likeness (QED) is 0.431. The highest BCUT2D eigenvalue weighted by atomic mass is 35.5. The number of benzene rings is 2. The normalized spacial score (nSPS) is 14.4. The third-order valence-corrected chi connectivity index (χ3v) is 4.67. The first-order valence-corrected chi connectivity index (χ1v) is 9.10. The van der Waals surface area contributed by atoms with Crippen LogP contribution >= 0.6 is 12.4 Å². The van der Waals surface area contributed by atoms with Gasteiger partial charge in [-0.05, 0) is 30.0 Å². The predicted octanol–water partition coefficient (Wildman–Crippen LogP) is 4.15. The summed E-state index contributed by atoms with van der Waals surface area (Å²) in [7, 11) is 0. The van der Waals surface area contributed by atoms with Gasteiger partial charge in [0, 0.05) is 30.8 Å². The molecule has 5 nitrogen and oxygen atoms in total. The van der Waals surface area contributed by atoms with Crippen molar-refractivity contribution in [3.63, 3.8) is 0 Å². The highest BCUT2D eigenvalue weighted by molar-refractivity contribution is 5.90. The summed E-state index contributed by atoms with van der Waals surface area (Å²) in [5.41, 5.74) is 4.97. The molecule has 0 atom stereocenters. The standard InChI is InChI=1S/C22H24N2O3.ClH/c1-17-7-2-4-10-20(17)21-11-5-3-8-18(21)15-23-27-14-13-24-12-6-9-19(16-24)22(25)26;/h2-5,7-11,15H,6,12-14,16H2,1H3,(H,25,26);1H. The van der Waals surface area contributed by atoms with Gasteiger partial charge in [-0.3, -0.25) is 4.90 Å². The van der Waals surface area contributed by atoms with Crippen LogP contribution < -0.4 is 0 Å². The molecule has 0 unspecified atom stereocenters. The number of rotatable bonds is 7. The van der Waals surface area contributed by atoms with Crippen LogP contribution in [0.4, 0.5) is 0 Å². The van der Waals surface area contributed by atoms with Gasteiger partial charge in [0.25, 0.3) is 0 Å². The Bertz CT molecular complexity index is 864. The summed E-state index contributed by atoms with van der Waals surface area (Å²) in [5, 5.41) is 13.2. The van der Waals surface area contributed by atoms with Gasteiger partial charge in [-0.2, -0.15) is 0 Å². The molecule has 2 aromatic rings. The number of hydrogen-bond acceptors (Lipinski definition) is 4. The van der Waals surface area contributed by atoms with E-state index in [2.05, 4.69) is 35.2 Å². The van der Waals surface area contributed by atoms with Crippen molar-refractivity contribution in [2.75, 3.05) is 26.2 Å². The Morgan fingerprint density at radius 2 is 1.89 bits per heavy atom. The van der Waals surface area contributed by atoms with Gasteiger partial charge < -0.3 is 9.94 Å². The maximum absolute atomic E-state index is 11.1. The van der Waals surface area contributed by atoms with Crippen LogP contribution in [0.25, 0.3) is 11.1 Å². The van der Waals surface area contributed by atoms with Crippen LogP contribution in [-0.2, 0) is 9.63 Å². The number of aliphatic carboxylic acids is 1. The number of carboxylic acids is 1. The first-order valence-electron chi connectivity index (χ1n) is 9.10. The lowest BCUT2D eigenvalue weighted by Gasteiger charge is -2.24. The number of oxime groups is 1. The number of nitrogens with zero attached hydrogens (tertiary/aromatic N) is 2. The van der Waals surface area contributed by atoms with Crippen LogP contribution in [0.2, 0.25) is 0 Å². The maximum atomic E-state index is 11.1. The molecule has 1 aliphatic rings. The molecule has 1 N–H and O–H groups in total. The van der Waals surface area contributed by atoms with E-state index in [9.17, 15) is 4.79 Å². The van der Waals surface area contributed by atoms with E-state index < -0.39 is 5.97 Å². The average molecular weight is 401 g/mol. The molecule has 0 amide bonds. The van der Waals surface area contributed by atoms with Crippen molar-refractivity contribution in [2.24, 2.45) is 5.16 Å². The number of aryl methyl sites for hydroxylation is 1. The Labute approximate surface area is 171 Å². The second kappa shape index (κ2) is 10.6. The number of halogens is 1. The first-order chi connectivity index (χ1) is 13.1. The predicted molar refractivity (Wildman–Crippen MR) is 114 cm³/mol. The zero-order valence-corrected chi connectivity index (χ0v) is 16.7. The van der Waals surface area contributed by atoms with Crippen molar-refractivity contribution in [2.45, 2.75) is 13.3 Å². The fourth-order valence-electron chi connectivity index (χ4n) is 3.20. The fourth-order valence-corrected chi connectivity index (χ4v) is 3.20. The summed E-state index contributed by atoms with van der Waals surface area (Å²) >= 11 is 0. The lowest BCUT2D eigenvalue weighted by molar-refractivity contribution is -0.133. The van der Waals surface area contributed by atoms with Crippen molar-refractivity contribution < 1.29 is 14.7 Å². The molecule has 0 spiro atoms. The second-order valence-corrected chi connectivity index (χ2v) is 6.57. The fraction of sp³-hybridized carbons (Fsp3) is 0.273. The van der Waals surface area contributed by atoms with Crippen molar-refractivity contribution >= 4 is 24.6 Å². The summed E-state index contributed by atoms with van der Waals surface area (Å²) in [6.45, 7) is 4.48. The number of carboxylic acid groups (broad SMARTS) is 1. The molecule has 0 bridgehead atoms. The van der Waals surface area contributed by atoms with Crippen LogP contribution in [0.5, 0.6) is 0 Å². The molecule has 6 heteroatoms. The van der Waals surface area contributed by atoms with E-state index in [0.717, 1.165) is 24.1 Å². The Balaban J connectivity index is 0.00000280. The first kappa shape index (κ1) is 21.7. The van der Waals surface area contributed by atoms with Crippen LogP contribution in [0.3, 0.4) is 0 Å². The zero-order valence-electron chi connectivity index (χ0n) is 15.9. The van der Waals surface area contributed by atoms with E-state index in [4.69, 9.17) is 9.94 Å².